The molecule has 1 saturated heterocycles. The Morgan fingerprint density at radius 1 is 1.14 bits per heavy atom. The van der Waals surface area contributed by atoms with Gasteiger partial charge in [-0.3, -0.25) is 4.79 Å². The van der Waals surface area contributed by atoms with E-state index in [4.69, 9.17) is 25.5 Å². The van der Waals surface area contributed by atoms with Crippen molar-refractivity contribution >= 4 is 27.3 Å². The fourth-order valence-corrected chi connectivity index (χ4v) is 8.16. The van der Waals surface area contributed by atoms with E-state index >= 15 is 0 Å². The molecule has 2 atom stereocenters. The molecule has 18 nitrogen and oxygen atoms in total. The first-order chi connectivity index (χ1) is 20.0. The molecule has 2 heterocycles. The quantitative estimate of drug-likeness (QED) is 0.0899. The first-order valence-electron chi connectivity index (χ1n) is 11.8. The standard InChI is InChI=1S/C21H25N4O14P3/c22-11-14-4-6-15(7-5-14)19(26)23-10-2-1-3-16-12-25(21(28)24-20(16)27)18-9-8-17(36-18)13-35-42(38-30,39-37-29,40(31)32)41(33)34/h4-7,12,17-18,29-30H,3,8-11,13,22H2,(H,23,26)(H,24,27,28)/t17-,18+/m0/s1. The number of aromatic amines is 1. The number of amides is 1. The Bertz CT molecular complexity index is 1590. The molecule has 3 rings (SSSR count). The number of nitrogens with two attached hydrogens (primary N) is 1. The molecule has 1 aliphatic rings. The van der Waals surface area contributed by atoms with Crippen molar-refractivity contribution in [2.45, 2.75) is 38.1 Å². The Kier molecular flexibility index (Phi) is 11.4. The van der Waals surface area contributed by atoms with E-state index in [9.17, 15) is 32.6 Å². The van der Waals surface area contributed by atoms with Crippen LogP contribution in [0.4, 0.5) is 0 Å². The van der Waals surface area contributed by atoms with E-state index in [-0.39, 0.29) is 37.3 Å². The normalized spacial score (nSPS) is 17.5. The fraction of sp³-hybridized carbons (Fsp3) is 0.381. The zero-order chi connectivity index (χ0) is 30.9. The van der Waals surface area contributed by atoms with Gasteiger partial charge in [-0.15, -0.1) is 0 Å². The van der Waals surface area contributed by atoms with Crippen LogP contribution in [-0.4, -0.2) is 45.2 Å². The first kappa shape index (κ1) is 33.3. The third-order valence-electron chi connectivity index (χ3n) is 5.96. The van der Waals surface area contributed by atoms with Crippen molar-refractivity contribution in [3.63, 3.8) is 0 Å². The van der Waals surface area contributed by atoms with Crippen LogP contribution in [0.5, 0.6) is 0 Å². The van der Waals surface area contributed by atoms with Crippen molar-refractivity contribution in [1.82, 2.24) is 14.9 Å². The Labute approximate surface area is 236 Å². The van der Waals surface area contributed by atoms with Gasteiger partial charge in [-0.1, -0.05) is 12.1 Å². The summed E-state index contributed by atoms with van der Waals surface area (Å²) >= 11 is 0. The smallest absolute Gasteiger partial charge is 0.0491 e. The molecule has 228 valence electrons. The number of aromatic nitrogens is 2. The Morgan fingerprint density at radius 2 is 1.83 bits per heavy atom. The molecular weight excluding hydrogens is 625 g/mol. The van der Waals surface area contributed by atoms with Crippen LogP contribution in [0.2, 0.25) is 0 Å². The van der Waals surface area contributed by atoms with E-state index in [1.54, 1.807) is 24.3 Å². The predicted molar refractivity (Wildman–Crippen MR) is 141 cm³/mol. The summed E-state index contributed by atoms with van der Waals surface area (Å²) < 4.78 is 65.8. The summed E-state index contributed by atoms with van der Waals surface area (Å²) in [5, 5.41) is 23.4. The number of nitrogens with zero attached hydrogens (tertiary/aromatic N) is 1. The Morgan fingerprint density at radius 3 is 2.43 bits per heavy atom. The molecule has 1 fully saturated rings. The number of nitrogens with one attached hydrogen (secondary N) is 2. The molecule has 0 radical (unpaired) electrons. The summed E-state index contributed by atoms with van der Waals surface area (Å²) in [5.74, 6) is 5.07. The molecule has 1 aromatic heterocycles. The SMILES string of the molecule is NCc1ccc(C(=O)NCC#CCc2cn([C@H]3CC[C@@H](COP(OO)(OOO)(P(=O)=O)P(=O)=O)O3)c(=O)[nH]c2=O)cc1. The van der Waals surface area contributed by atoms with Gasteiger partial charge >= 0.3 is 173 Å². The molecule has 1 aliphatic heterocycles. The number of rotatable bonds is 13. The predicted octanol–water partition coefficient (Wildman–Crippen LogP) is 2.05. The number of H-pyrrole nitrogens is 1. The molecule has 0 saturated carbocycles. The molecule has 2 aromatic rings. The molecule has 42 heavy (non-hydrogen) atoms. The minimum atomic E-state index is -6.47. The zero-order valence-electron chi connectivity index (χ0n) is 21.4. The summed E-state index contributed by atoms with van der Waals surface area (Å²) in [7, 11) is -8.70. The molecule has 21 heteroatoms. The minimum absolute atomic E-state index is 0.0139. The molecule has 0 bridgehead atoms. The van der Waals surface area contributed by atoms with E-state index in [1.807, 2.05) is 0 Å². The first-order valence-corrected chi connectivity index (χ1v) is 17.6. The van der Waals surface area contributed by atoms with Gasteiger partial charge in [0.1, 0.15) is 0 Å². The van der Waals surface area contributed by atoms with Crippen molar-refractivity contribution in [1.29, 1.82) is 0 Å². The van der Waals surface area contributed by atoms with Gasteiger partial charge in [0.05, 0.1) is 0 Å². The van der Waals surface area contributed by atoms with E-state index in [0.29, 0.717) is 12.1 Å². The molecular formula is C21H25N4O14P3. The van der Waals surface area contributed by atoms with Gasteiger partial charge in [0.15, 0.2) is 0 Å². The maximum atomic E-state index is 12.4. The van der Waals surface area contributed by atoms with Gasteiger partial charge in [-0.25, -0.2) is 0 Å². The monoisotopic (exact) mass is 650 g/mol. The summed E-state index contributed by atoms with van der Waals surface area (Å²) in [5.41, 5.74) is 5.37. The van der Waals surface area contributed by atoms with Gasteiger partial charge in [0, 0.05) is 12.1 Å². The Hall–Kier alpha value is -3.16. The second-order valence-electron chi connectivity index (χ2n) is 8.53. The average molecular weight is 650 g/mol. The maximum absolute atomic E-state index is 12.4. The van der Waals surface area contributed by atoms with Crippen LogP contribution in [0.15, 0.2) is 40.1 Å². The van der Waals surface area contributed by atoms with Crippen molar-refractivity contribution in [3.05, 3.63) is 68.0 Å². The summed E-state index contributed by atoms with van der Waals surface area (Å²) in [6, 6.07) is 6.70. The number of ether oxygens (including phenoxy) is 1. The van der Waals surface area contributed by atoms with Gasteiger partial charge in [-0.05, 0) is 17.7 Å². The maximum Gasteiger partial charge on any atom is -0.0491 e. The molecule has 0 unspecified atom stereocenters. The van der Waals surface area contributed by atoms with Crippen LogP contribution in [0.25, 0.3) is 0 Å². The molecule has 6 N–H and O–H groups in total. The molecule has 0 spiro atoms. The largest absolute Gasteiger partial charge is 0.0570 e. The third-order valence-corrected chi connectivity index (χ3v) is 15.7. The van der Waals surface area contributed by atoms with Crippen molar-refractivity contribution < 1.29 is 57.2 Å². The number of hydrogen-bond acceptors (Lipinski definition) is 15. The third kappa shape index (κ3) is 7.07. The second kappa shape index (κ2) is 14.3. The summed E-state index contributed by atoms with van der Waals surface area (Å²) in [4.78, 5) is 39.0. The second-order valence-corrected chi connectivity index (χ2v) is 18.7. The van der Waals surface area contributed by atoms with E-state index in [0.717, 1.165) is 10.1 Å². The van der Waals surface area contributed by atoms with Gasteiger partial charge in [0.2, 0.25) is 0 Å². The van der Waals surface area contributed by atoms with Crippen LogP contribution >= 0.6 is 21.4 Å². The van der Waals surface area contributed by atoms with Crippen LogP contribution < -0.4 is 22.3 Å². The Balaban J connectivity index is 1.65. The summed E-state index contributed by atoms with van der Waals surface area (Å²) in [6.45, 7) is -6.99. The number of carbonyl (C=O) groups is 1. The van der Waals surface area contributed by atoms with E-state index in [2.05, 4.69) is 36.5 Å². The topological polar surface area (TPSA) is 265 Å². The van der Waals surface area contributed by atoms with Gasteiger partial charge in [-0.2, -0.15) is 0 Å². The van der Waals surface area contributed by atoms with Crippen molar-refractivity contribution in [2.24, 2.45) is 5.73 Å². The van der Waals surface area contributed by atoms with Crippen molar-refractivity contribution in [3.8, 4) is 11.8 Å². The average Bonchev–Trinajstić information content (AvgIpc) is 3.44. The summed E-state index contributed by atoms with van der Waals surface area (Å²) in [6.07, 6.45) is -0.727. The number of hydrogen-bond donors (Lipinski definition) is 5. The van der Waals surface area contributed by atoms with E-state index in [1.165, 1.54) is 6.20 Å². The molecule has 0 aliphatic carbocycles. The van der Waals surface area contributed by atoms with Gasteiger partial charge < -0.3 is 11.1 Å². The van der Waals surface area contributed by atoms with Crippen LogP contribution in [-0.2, 0) is 54.9 Å². The number of carbonyl (C=O) groups excluding carboxylic acids is 1. The van der Waals surface area contributed by atoms with Crippen LogP contribution in [0.3, 0.4) is 0 Å². The van der Waals surface area contributed by atoms with Crippen LogP contribution in [0, 0.1) is 11.8 Å². The number of benzene rings is 1. The van der Waals surface area contributed by atoms with Crippen molar-refractivity contribution in [2.75, 3.05) is 13.2 Å². The van der Waals surface area contributed by atoms with Crippen LogP contribution in [0.1, 0.15) is 40.6 Å². The zero-order valence-corrected chi connectivity index (χ0v) is 24.1. The minimum Gasteiger partial charge on any atom is -0.0570 e. The molecule has 1 aromatic carbocycles. The van der Waals surface area contributed by atoms with E-state index < -0.39 is 51.6 Å². The van der Waals surface area contributed by atoms with Gasteiger partial charge in [0.25, 0.3) is 5.91 Å². The fourth-order valence-electron chi connectivity index (χ4n) is 3.71. The molecule has 1 amide bonds.